The summed E-state index contributed by atoms with van der Waals surface area (Å²) in [7, 11) is -4.51. The summed E-state index contributed by atoms with van der Waals surface area (Å²) in [6.45, 7) is 22.5. The van der Waals surface area contributed by atoms with Gasteiger partial charge in [-0.05, 0) is 64.8 Å². The average Bonchev–Trinajstić information content (AvgIpc) is 3.67. The molecule has 0 radical (unpaired) electrons. The Balaban J connectivity index is 1.40. The maximum Gasteiger partial charge on any atom is 0.261 e. The van der Waals surface area contributed by atoms with Crippen LogP contribution in [0.2, 0.25) is 23.2 Å². The van der Waals surface area contributed by atoms with E-state index in [-0.39, 0.29) is 41.1 Å². The zero-order valence-electron chi connectivity index (χ0n) is 33.9. The van der Waals surface area contributed by atoms with Crippen LogP contribution in [0.15, 0.2) is 91.0 Å². The van der Waals surface area contributed by atoms with E-state index in [0.717, 1.165) is 43.8 Å². The SMILES string of the molecule is CC[Si](CC)(CC)O[C@H](CCCOCc1ccccc1)[C@H](C)[C@H](O)[C@H](C)[C@@H]1CC[C@H]([C@@H](C)CO[Si](c2ccccc2)(c2ccccc2)C(C)(C)C)O1. The molecule has 3 aromatic carbocycles. The van der Waals surface area contributed by atoms with Crippen LogP contribution in [0.5, 0.6) is 0 Å². The van der Waals surface area contributed by atoms with E-state index < -0.39 is 22.7 Å². The Labute approximate surface area is 319 Å². The zero-order valence-corrected chi connectivity index (χ0v) is 35.9. The van der Waals surface area contributed by atoms with Crippen molar-refractivity contribution in [1.82, 2.24) is 0 Å². The minimum atomic E-state index is -2.63. The summed E-state index contributed by atoms with van der Waals surface area (Å²) in [5.41, 5.74) is 1.20. The van der Waals surface area contributed by atoms with Gasteiger partial charge in [0.25, 0.3) is 8.32 Å². The van der Waals surface area contributed by atoms with Gasteiger partial charge in [-0.2, -0.15) is 0 Å². The molecule has 1 aliphatic heterocycles. The summed E-state index contributed by atoms with van der Waals surface area (Å²) in [5.74, 6) is 0.232. The van der Waals surface area contributed by atoms with E-state index in [4.69, 9.17) is 18.3 Å². The van der Waals surface area contributed by atoms with E-state index >= 15 is 0 Å². The fraction of sp³-hybridized carbons (Fsp3) is 0.600. The van der Waals surface area contributed by atoms with Gasteiger partial charge >= 0.3 is 0 Å². The number of aliphatic hydroxyl groups excluding tert-OH is 1. The van der Waals surface area contributed by atoms with Crippen molar-refractivity contribution in [2.75, 3.05) is 13.2 Å². The van der Waals surface area contributed by atoms with Gasteiger partial charge < -0.3 is 23.4 Å². The van der Waals surface area contributed by atoms with Crippen molar-refractivity contribution < 1.29 is 23.4 Å². The van der Waals surface area contributed by atoms with Gasteiger partial charge in [0.1, 0.15) is 0 Å². The van der Waals surface area contributed by atoms with Crippen LogP contribution in [-0.4, -0.2) is 59.4 Å². The summed E-state index contributed by atoms with van der Waals surface area (Å²) >= 11 is 0. The van der Waals surface area contributed by atoms with Crippen LogP contribution in [0.4, 0.5) is 0 Å². The smallest absolute Gasteiger partial charge is 0.261 e. The van der Waals surface area contributed by atoms with Crippen molar-refractivity contribution in [3.05, 3.63) is 96.6 Å². The number of hydrogen-bond donors (Lipinski definition) is 1. The molecule has 7 atom stereocenters. The molecule has 1 heterocycles. The molecule has 1 saturated heterocycles. The molecule has 1 fully saturated rings. The lowest BCUT2D eigenvalue weighted by Gasteiger charge is -2.44. The predicted molar refractivity (Wildman–Crippen MR) is 222 cm³/mol. The van der Waals surface area contributed by atoms with E-state index in [0.29, 0.717) is 19.8 Å². The van der Waals surface area contributed by atoms with Gasteiger partial charge in [-0.25, -0.2) is 0 Å². The summed E-state index contributed by atoms with van der Waals surface area (Å²) in [6, 6.07) is 35.4. The van der Waals surface area contributed by atoms with Gasteiger partial charge in [0.15, 0.2) is 8.32 Å². The van der Waals surface area contributed by atoms with E-state index in [2.05, 4.69) is 147 Å². The Hall–Kier alpha value is -2.11. The standard InChI is InChI=1S/C45H70O5Si2/c1-10-51(11-2,12-3)50-43(29-22-32-47-34-38-23-16-13-17-24-38)37(6)44(46)36(5)42-31-30-41(49-42)35(4)33-48-52(45(7,8)9,39-25-18-14-19-26-39)40-27-20-15-21-28-40/h13-21,23-28,35-37,41-44,46H,10-12,22,29-34H2,1-9H3/t35-,36+,37-,41+,42-,43+,44+/m0/s1. The first-order valence-corrected chi connectivity index (χ1v) is 24.7. The second-order valence-electron chi connectivity index (χ2n) is 16.5. The van der Waals surface area contributed by atoms with Crippen molar-refractivity contribution in [2.45, 2.75) is 142 Å². The lowest BCUT2D eigenvalue weighted by atomic mass is 9.84. The lowest BCUT2D eigenvalue weighted by Crippen LogP contribution is -2.67. The van der Waals surface area contributed by atoms with E-state index in [1.165, 1.54) is 15.9 Å². The second kappa shape index (κ2) is 20.0. The van der Waals surface area contributed by atoms with Crippen LogP contribution >= 0.6 is 0 Å². The first-order valence-electron chi connectivity index (χ1n) is 20.3. The Kier molecular flexibility index (Phi) is 16.4. The quantitative estimate of drug-likeness (QED) is 0.0870. The first-order chi connectivity index (χ1) is 24.9. The maximum atomic E-state index is 12.0. The Morgan fingerprint density at radius 3 is 1.81 bits per heavy atom. The number of ether oxygens (including phenoxy) is 2. The predicted octanol–water partition coefficient (Wildman–Crippen LogP) is 9.77. The minimum Gasteiger partial charge on any atom is -0.414 e. The van der Waals surface area contributed by atoms with E-state index in [1.54, 1.807) is 0 Å². The molecule has 3 aromatic rings. The third kappa shape index (κ3) is 10.6. The average molecular weight is 747 g/mol. The fourth-order valence-corrected chi connectivity index (χ4v) is 16.1. The number of benzene rings is 3. The van der Waals surface area contributed by atoms with Gasteiger partial charge in [-0.3, -0.25) is 0 Å². The molecule has 1 N–H and O–H groups in total. The van der Waals surface area contributed by atoms with Crippen LogP contribution < -0.4 is 10.4 Å². The number of rotatable bonds is 21. The molecule has 0 aliphatic carbocycles. The molecule has 0 spiro atoms. The Morgan fingerprint density at radius 2 is 1.29 bits per heavy atom. The lowest BCUT2D eigenvalue weighted by molar-refractivity contribution is -0.0755. The van der Waals surface area contributed by atoms with Gasteiger partial charge in [0.2, 0.25) is 0 Å². The highest BCUT2D eigenvalue weighted by Gasteiger charge is 2.51. The van der Waals surface area contributed by atoms with Crippen LogP contribution in [-0.2, 0) is 24.9 Å². The highest BCUT2D eigenvalue weighted by Crippen LogP contribution is 2.39. The van der Waals surface area contributed by atoms with Gasteiger partial charge in [-0.15, -0.1) is 0 Å². The molecule has 0 unspecified atom stereocenters. The van der Waals surface area contributed by atoms with E-state index in [1.807, 2.05) is 6.07 Å². The molecule has 0 aromatic heterocycles. The molecule has 1 aliphatic rings. The van der Waals surface area contributed by atoms with Crippen molar-refractivity contribution in [1.29, 1.82) is 0 Å². The Morgan fingerprint density at radius 1 is 0.769 bits per heavy atom. The molecule has 0 amide bonds. The zero-order chi connectivity index (χ0) is 37.8. The third-order valence-electron chi connectivity index (χ3n) is 12.2. The topological polar surface area (TPSA) is 57.2 Å². The summed E-state index contributed by atoms with van der Waals surface area (Å²) in [5, 5.41) is 14.5. The molecule has 0 saturated carbocycles. The minimum absolute atomic E-state index is 0.000249. The van der Waals surface area contributed by atoms with Crippen LogP contribution in [0, 0.1) is 17.8 Å². The van der Waals surface area contributed by atoms with Crippen molar-refractivity contribution in [3.63, 3.8) is 0 Å². The number of hydrogen-bond acceptors (Lipinski definition) is 5. The second-order valence-corrected chi connectivity index (χ2v) is 25.6. The summed E-state index contributed by atoms with van der Waals surface area (Å²) < 4.78 is 27.3. The fourth-order valence-electron chi connectivity index (χ4n) is 8.44. The van der Waals surface area contributed by atoms with Crippen LogP contribution in [0.1, 0.15) is 93.6 Å². The molecule has 7 heteroatoms. The van der Waals surface area contributed by atoms with Crippen LogP contribution in [0.25, 0.3) is 0 Å². The largest absolute Gasteiger partial charge is 0.414 e. The van der Waals surface area contributed by atoms with Crippen LogP contribution in [0.3, 0.4) is 0 Å². The van der Waals surface area contributed by atoms with Crippen molar-refractivity contribution in [2.24, 2.45) is 17.8 Å². The number of aliphatic hydroxyl groups is 1. The molecule has 5 nitrogen and oxygen atoms in total. The molecule has 52 heavy (non-hydrogen) atoms. The normalized spacial score (nSPS) is 20.0. The van der Waals surface area contributed by atoms with Crippen molar-refractivity contribution in [3.8, 4) is 0 Å². The molecule has 4 rings (SSSR count). The highest BCUT2D eigenvalue weighted by molar-refractivity contribution is 6.99. The first kappa shape index (κ1) is 42.6. The molecule has 0 bridgehead atoms. The molecule has 288 valence electrons. The van der Waals surface area contributed by atoms with Gasteiger partial charge in [0, 0.05) is 31.0 Å². The summed E-state index contributed by atoms with van der Waals surface area (Å²) in [6.07, 6.45) is 3.34. The highest BCUT2D eigenvalue weighted by atomic mass is 28.4. The molecular formula is C45H70O5Si2. The Bertz CT molecular complexity index is 1360. The maximum absolute atomic E-state index is 12.0. The van der Waals surface area contributed by atoms with Crippen molar-refractivity contribution >= 4 is 27.0 Å². The summed E-state index contributed by atoms with van der Waals surface area (Å²) in [4.78, 5) is 0. The molecular weight excluding hydrogens is 677 g/mol. The van der Waals surface area contributed by atoms with Gasteiger partial charge in [-0.1, -0.05) is 153 Å². The monoisotopic (exact) mass is 746 g/mol. The van der Waals surface area contributed by atoms with Gasteiger partial charge in [0.05, 0.1) is 31.0 Å². The third-order valence-corrected chi connectivity index (χ3v) is 21.8. The van der Waals surface area contributed by atoms with E-state index in [9.17, 15) is 5.11 Å².